The molecule has 2 bridgehead atoms. The van der Waals surface area contributed by atoms with Crippen LogP contribution in [0.15, 0.2) is 42.6 Å². The molecule has 38 heavy (non-hydrogen) atoms. The molecule has 0 spiro atoms. The van der Waals surface area contributed by atoms with E-state index >= 15 is 0 Å². The molecule has 0 unspecified atom stereocenters. The maximum atomic E-state index is 13.5. The van der Waals surface area contributed by atoms with Gasteiger partial charge in [-0.05, 0) is 55.2 Å². The summed E-state index contributed by atoms with van der Waals surface area (Å²) in [6.07, 6.45) is 5.39. The lowest BCUT2D eigenvalue weighted by Crippen LogP contribution is -2.47. The molecule has 5 rings (SSSR count). The van der Waals surface area contributed by atoms with Gasteiger partial charge in [0, 0.05) is 42.4 Å². The standard InChI is InChI=1S/C26H30N6O2.C2H4O2/c1-28-18-7-9-20-21(13-18)30-24(33)5-3-2-4-23(25-29-15-22(20)31-25)32-11-10-17-12-16(14-27)6-8-19(17)26(32)34;1-4-2-3/h6-9,12-13,15,23,28H,2-5,10-11,14,27H2,1H3,(H,29,31)(H,30,33);2H,1H3/p+1/t23-;/m0./s1. The summed E-state index contributed by atoms with van der Waals surface area (Å²) in [6, 6.07) is 11.8. The molecule has 10 nitrogen and oxygen atoms in total. The van der Waals surface area contributed by atoms with Crippen LogP contribution in [0.2, 0.25) is 0 Å². The molecule has 3 heterocycles. The maximum Gasteiger partial charge on any atom is 0.292 e. The second kappa shape index (κ2) is 12.4. The van der Waals surface area contributed by atoms with Gasteiger partial charge in [-0.1, -0.05) is 12.5 Å². The van der Waals surface area contributed by atoms with E-state index in [1.165, 1.54) is 7.11 Å². The van der Waals surface area contributed by atoms with Crippen LogP contribution in [0.25, 0.3) is 11.3 Å². The number of nitrogens with zero attached hydrogens (tertiary/aromatic N) is 2. The highest BCUT2D eigenvalue weighted by Gasteiger charge is 2.32. The fourth-order valence-corrected chi connectivity index (χ4v) is 4.97. The molecule has 0 radical (unpaired) electrons. The molecular formula is C28H35N6O4+. The van der Waals surface area contributed by atoms with Gasteiger partial charge in [-0.15, -0.1) is 0 Å². The Morgan fingerprint density at radius 3 is 2.68 bits per heavy atom. The highest BCUT2D eigenvalue weighted by atomic mass is 16.5. The number of carbonyl (C=O) groups excluding carboxylic acids is 3. The first-order chi connectivity index (χ1) is 18.5. The van der Waals surface area contributed by atoms with Crippen molar-refractivity contribution in [3.63, 3.8) is 0 Å². The third kappa shape index (κ3) is 5.86. The van der Waals surface area contributed by atoms with E-state index in [0.29, 0.717) is 26.0 Å². The molecule has 0 aliphatic carbocycles. The van der Waals surface area contributed by atoms with E-state index in [9.17, 15) is 9.59 Å². The number of fused-ring (bicyclic) bond motifs is 5. The summed E-state index contributed by atoms with van der Waals surface area (Å²) >= 11 is 0. The first-order valence-corrected chi connectivity index (χ1v) is 12.8. The summed E-state index contributed by atoms with van der Waals surface area (Å²) in [7, 11) is 3.17. The fourth-order valence-electron chi connectivity index (χ4n) is 4.97. The molecule has 1 atom stereocenters. The van der Waals surface area contributed by atoms with E-state index in [-0.39, 0.29) is 17.9 Å². The molecular weight excluding hydrogens is 484 g/mol. The number of methoxy groups -OCH3 is 1. The maximum absolute atomic E-state index is 13.5. The number of imidazole rings is 1. The Bertz CT molecular complexity index is 1300. The molecule has 2 aliphatic rings. The highest BCUT2D eigenvalue weighted by Crippen LogP contribution is 2.35. The van der Waals surface area contributed by atoms with Crippen LogP contribution < -0.4 is 16.4 Å². The summed E-state index contributed by atoms with van der Waals surface area (Å²) in [5, 5.41) is 6.18. The number of hydrogen-bond acceptors (Lipinski definition) is 6. The highest BCUT2D eigenvalue weighted by molar-refractivity contribution is 5.97. The smallest absolute Gasteiger partial charge is 0.292 e. The summed E-state index contributed by atoms with van der Waals surface area (Å²) in [5.74, 6) is 0.830. The van der Waals surface area contributed by atoms with E-state index in [2.05, 4.69) is 32.2 Å². The van der Waals surface area contributed by atoms with Crippen LogP contribution in [-0.2, 0) is 27.3 Å². The van der Waals surface area contributed by atoms with Gasteiger partial charge in [0.2, 0.25) is 5.91 Å². The van der Waals surface area contributed by atoms with Gasteiger partial charge in [0.1, 0.15) is 5.82 Å². The second-order valence-electron chi connectivity index (χ2n) is 9.32. The van der Waals surface area contributed by atoms with E-state index in [0.717, 1.165) is 70.8 Å². The molecule has 0 saturated heterocycles. The van der Waals surface area contributed by atoms with Crippen molar-refractivity contribution in [1.29, 1.82) is 0 Å². The lowest BCUT2D eigenvalue weighted by molar-refractivity contribution is -0.386. The molecule has 6 N–H and O–H groups in total. The third-order valence-electron chi connectivity index (χ3n) is 6.96. The van der Waals surface area contributed by atoms with Crippen LogP contribution in [0.1, 0.15) is 59.0 Å². The second-order valence-corrected chi connectivity index (χ2v) is 9.32. The van der Waals surface area contributed by atoms with Crippen LogP contribution in [0.5, 0.6) is 0 Å². The van der Waals surface area contributed by atoms with Crippen molar-refractivity contribution in [3.05, 3.63) is 65.1 Å². The van der Waals surface area contributed by atoms with Gasteiger partial charge in [-0.25, -0.2) is 4.98 Å². The average molecular weight is 520 g/mol. The monoisotopic (exact) mass is 519 g/mol. The summed E-state index contributed by atoms with van der Waals surface area (Å²) < 4.78 is 3.86. The zero-order valence-corrected chi connectivity index (χ0v) is 21.9. The van der Waals surface area contributed by atoms with Crippen molar-refractivity contribution in [2.75, 3.05) is 31.3 Å². The number of amides is 2. The Hall–Kier alpha value is -4.18. The molecule has 3 aromatic rings. The predicted octanol–water partition coefficient (Wildman–Crippen LogP) is 2.90. The summed E-state index contributed by atoms with van der Waals surface area (Å²) in [6.45, 7) is 1.74. The van der Waals surface area contributed by atoms with Gasteiger partial charge in [-0.2, -0.15) is 0 Å². The number of quaternary nitrogens is 1. The molecule has 10 heteroatoms. The van der Waals surface area contributed by atoms with Gasteiger partial charge in [0.05, 0.1) is 37.3 Å². The molecule has 0 saturated carbocycles. The molecule has 200 valence electrons. The third-order valence-corrected chi connectivity index (χ3v) is 6.96. The fraction of sp³-hybridized carbons (Fsp3) is 0.357. The van der Waals surface area contributed by atoms with Crippen molar-refractivity contribution < 1.29 is 24.9 Å². The lowest BCUT2D eigenvalue weighted by atomic mass is 9.94. The number of carbonyl (C=O) groups is 3. The number of benzene rings is 2. The minimum Gasteiger partial charge on any atom is -0.471 e. The molecule has 2 aliphatic heterocycles. The topological polar surface area (TPSA) is 144 Å². The quantitative estimate of drug-likeness (QED) is 0.390. The molecule has 1 aromatic heterocycles. The van der Waals surface area contributed by atoms with E-state index in [1.807, 2.05) is 42.3 Å². The van der Waals surface area contributed by atoms with Crippen molar-refractivity contribution in [2.24, 2.45) is 0 Å². The zero-order valence-electron chi connectivity index (χ0n) is 21.9. The minimum atomic E-state index is -0.163. The van der Waals surface area contributed by atoms with Crippen molar-refractivity contribution in [2.45, 2.75) is 44.7 Å². The van der Waals surface area contributed by atoms with Gasteiger partial charge < -0.3 is 31.0 Å². The average Bonchev–Trinajstić information content (AvgIpc) is 3.43. The predicted molar refractivity (Wildman–Crippen MR) is 144 cm³/mol. The molecule has 2 amide bonds. The van der Waals surface area contributed by atoms with Crippen LogP contribution in [0, 0.1) is 0 Å². The molecule has 2 aromatic carbocycles. The van der Waals surface area contributed by atoms with Crippen molar-refractivity contribution in [1.82, 2.24) is 14.9 Å². The molecule has 0 fully saturated rings. The van der Waals surface area contributed by atoms with Crippen LogP contribution >= 0.6 is 0 Å². The van der Waals surface area contributed by atoms with Gasteiger partial charge in [0.15, 0.2) is 0 Å². The number of aromatic amines is 1. The van der Waals surface area contributed by atoms with Gasteiger partial charge >= 0.3 is 0 Å². The number of anilines is 2. The van der Waals surface area contributed by atoms with Crippen molar-refractivity contribution >= 4 is 29.7 Å². The summed E-state index contributed by atoms with van der Waals surface area (Å²) in [5.41, 5.74) is 10.3. The Morgan fingerprint density at radius 2 is 1.95 bits per heavy atom. The van der Waals surface area contributed by atoms with Crippen LogP contribution in [0.4, 0.5) is 11.4 Å². The number of rotatable bonds is 4. The van der Waals surface area contributed by atoms with E-state index in [1.54, 1.807) is 6.20 Å². The first-order valence-electron chi connectivity index (χ1n) is 12.8. The van der Waals surface area contributed by atoms with Gasteiger partial charge in [0.25, 0.3) is 12.4 Å². The Labute approximate surface area is 222 Å². The van der Waals surface area contributed by atoms with Crippen molar-refractivity contribution in [3.8, 4) is 11.3 Å². The Balaban J connectivity index is 0.000000786. The minimum absolute atomic E-state index is 0.00411. The number of hydrogen-bond donors (Lipinski definition) is 4. The van der Waals surface area contributed by atoms with Crippen LogP contribution in [0.3, 0.4) is 0 Å². The number of H-pyrrole nitrogens is 1. The number of aromatic nitrogens is 2. The zero-order chi connectivity index (χ0) is 27.1. The Morgan fingerprint density at radius 1 is 1.16 bits per heavy atom. The lowest BCUT2D eigenvalue weighted by Gasteiger charge is -2.35. The SMILES string of the molecule is CNc1ccc2c(c1)NC(=O)CCCC[C@H](N1CCc3cc(C[NH3+])ccc3C1=O)c1ncc-2[nH]1.COC=O. The Kier molecular flexibility index (Phi) is 8.75. The van der Waals surface area contributed by atoms with E-state index < -0.39 is 0 Å². The number of nitrogens with one attached hydrogen (secondary N) is 3. The first kappa shape index (κ1) is 26.9. The van der Waals surface area contributed by atoms with Crippen LogP contribution in [-0.4, -0.2) is 53.9 Å². The van der Waals surface area contributed by atoms with E-state index in [4.69, 9.17) is 9.78 Å². The van der Waals surface area contributed by atoms with Gasteiger partial charge in [-0.3, -0.25) is 14.4 Å². The summed E-state index contributed by atoms with van der Waals surface area (Å²) in [4.78, 5) is 45.2. The number of ether oxygens (including phenoxy) is 1. The normalized spacial score (nSPS) is 16.9. The largest absolute Gasteiger partial charge is 0.471 e.